The van der Waals surface area contributed by atoms with Gasteiger partial charge < -0.3 is 39.1 Å². The standard InChI is InChI=1S/C37H44N7O9PS/c1-24(2)52-35(45)26(4)43-54(48,23-51-25(3)18-44-22-41-32-33(38)39-21-40-34(32)44)53-29-14-12-27(13-15-29)17-31(36(46)49-20-30-11-8-16-55-30)42-37(47)50-19-28-9-6-5-7-10-28/h5-16,21-22,24-26,31H,17-20,23H2,1-4H3,(H,42,47)(H,43,48)(H2,38,39,40)/t25-,26+,31+,54?/m1/s1. The van der Waals surface area contributed by atoms with Gasteiger partial charge in [0, 0.05) is 11.3 Å². The molecule has 5 rings (SSSR count). The zero-order chi connectivity index (χ0) is 39.4. The summed E-state index contributed by atoms with van der Waals surface area (Å²) in [6, 6.07) is 17.2. The number of nitrogens with zero attached hydrogens (tertiary/aromatic N) is 4. The monoisotopic (exact) mass is 793 g/mol. The predicted molar refractivity (Wildman–Crippen MR) is 205 cm³/mol. The summed E-state index contributed by atoms with van der Waals surface area (Å²) in [5, 5.41) is 7.28. The highest BCUT2D eigenvalue weighted by Crippen LogP contribution is 2.44. The van der Waals surface area contributed by atoms with Gasteiger partial charge in [0.1, 0.15) is 49.2 Å². The zero-order valence-electron chi connectivity index (χ0n) is 30.8. The molecule has 55 heavy (non-hydrogen) atoms. The van der Waals surface area contributed by atoms with Gasteiger partial charge in [0.2, 0.25) is 0 Å². The van der Waals surface area contributed by atoms with Crippen LogP contribution >= 0.6 is 18.9 Å². The Morgan fingerprint density at radius 3 is 2.36 bits per heavy atom. The fraction of sp³-hybridized carbons (Fsp3) is 0.351. The predicted octanol–water partition coefficient (Wildman–Crippen LogP) is 5.62. The molecule has 3 aromatic heterocycles. The number of nitrogens with two attached hydrogens (primary N) is 1. The second-order valence-electron chi connectivity index (χ2n) is 12.8. The molecule has 1 unspecified atom stereocenters. The third-order valence-corrected chi connectivity index (χ3v) is 10.5. The molecule has 18 heteroatoms. The van der Waals surface area contributed by atoms with Crippen LogP contribution in [0.1, 0.15) is 43.7 Å². The lowest BCUT2D eigenvalue weighted by atomic mass is 10.1. The maximum absolute atomic E-state index is 14.3. The molecule has 5 aromatic rings. The summed E-state index contributed by atoms with van der Waals surface area (Å²) in [7, 11) is -3.93. The Morgan fingerprint density at radius 1 is 0.891 bits per heavy atom. The van der Waals surface area contributed by atoms with Crippen LogP contribution in [-0.2, 0) is 59.3 Å². The van der Waals surface area contributed by atoms with Crippen molar-refractivity contribution in [2.45, 2.75) is 78.2 Å². The molecule has 0 saturated heterocycles. The highest BCUT2D eigenvalue weighted by Gasteiger charge is 2.32. The molecule has 4 N–H and O–H groups in total. The van der Waals surface area contributed by atoms with Gasteiger partial charge in [-0.3, -0.25) is 9.36 Å². The second kappa shape index (κ2) is 19.3. The van der Waals surface area contributed by atoms with E-state index in [-0.39, 0.29) is 43.9 Å². The minimum atomic E-state index is -3.93. The fourth-order valence-electron chi connectivity index (χ4n) is 5.19. The van der Waals surface area contributed by atoms with E-state index in [9.17, 15) is 18.9 Å². The molecule has 0 bridgehead atoms. The van der Waals surface area contributed by atoms with Crippen molar-refractivity contribution >= 4 is 53.9 Å². The van der Waals surface area contributed by atoms with Gasteiger partial charge in [0.25, 0.3) is 0 Å². The van der Waals surface area contributed by atoms with E-state index in [1.54, 1.807) is 55.9 Å². The maximum atomic E-state index is 14.3. The minimum Gasteiger partial charge on any atom is -0.462 e. The number of nitrogens with one attached hydrogen (secondary N) is 2. The van der Waals surface area contributed by atoms with Crippen molar-refractivity contribution in [1.29, 1.82) is 0 Å². The van der Waals surface area contributed by atoms with Crippen LogP contribution in [0.5, 0.6) is 5.75 Å². The molecule has 0 spiro atoms. The number of esters is 2. The first-order valence-corrected chi connectivity index (χ1v) is 20.1. The van der Waals surface area contributed by atoms with Gasteiger partial charge in [0.05, 0.1) is 25.1 Å². The number of rotatable bonds is 19. The van der Waals surface area contributed by atoms with Gasteiger partial charge >= 0.3 is 25.6 Å². The first-order chi connectivity index (χ1) is 26.4. The zero-order valence-corrected chi connectivity index (χ0v) is 32.5. The van der Waals surface area contributed by atoms with E-state index < -0.39 is 50.1 Å². The summed E-state index contributed by atoms with van der Waals surface area (Å²) >= 11 is 1.44. The summed E-state index contributed by atoms with van der Waals surface area (Å²) in [6.45, 7) is 7.07. The van der Waals surface area contributed by atoms with E-state index in [4.69, 9.17) is 29.2 Å². The average molecular weight is 794 g/mol. The molecule has 292 valence electrons. The van der Waals surface area contributed by atoms with E-state index in [1.165, 1.54) is 24.6 Å². The Balaban J connectivity index is 1.26. The van der Waals surface area contributed by atoms with Crippen molar-refractivity contribution in [1.82, 2.24) is 29.9 Å². The number of benzene rings is 2. The van der Waals surface area contributed by atoms with E-state index >= 15 is 0 Å². The fourth-order valence-corrected chi connectivity index (χ4v) is 7.59. The number of aromatic nitrogens is 4. The Hall–Kier alpha value is -5.35. The van der Waals surface area contributed by atoms with Crippen molar-refractivity contribution in [2.75, 3.05) is 12.1 Å². The SMILES string of the molecule is CC(C)OC(=O)[C@H](C)NP(=O)(CO[C@H](C)Cn1cnc2c(N)ncnc21)Oc1ccc(C[C@H](NC(=O)OCc2ccccc2)C(=O)OCc2cccs2)cc1. The van der Waals surface area contributed by atoms with Gasteiger partial charge in [-0.05, 0) is 62.4 Å². The summed E-state index contributed by atoms with van der Waals surface area (Å²) in [5.41, 5.74) is 8.30. The number of imidazole rings is 1. The number of ether oxygens (including phenoxy) is 4. The first-order valence-electron chi connectivity index (χ1n) is 17.4. The van der Waals surface area contributed by atoms with Gasteiger partial charge in [0.15, 0.2) is 11.5 Å². The number of thiophene rings is 1. The summed E-state index contributed by atoms with van der Waals surface area (Å²) < 4.78 is 44.2. The van der Waals surface area contributed by atoms with E-state index in [0.29, 0.717) is 16.7 Å². The minimum absolute atomic E-state index is 0.0184. The van der Waals surface area contributed by atoms with Crippen molar-refractivity contribution < 1.29 is 42.4 Å². The number of carbonyl (C=O) groups is 3. The molecule has 16 nitrogen and oxygen atoms in total. The topological polar surface area (TPSA) is 208 Å². The van der Waals surface area contributed by atoms with Crippen molar-refractivity contribution in [2.24, 2.45) is 0 Å². The molecule has 0 aliphatic carbocycles. The Morgan fingerprint density at radius 2 is 1.65 bits per heavy atom. The number of fused-ring (bicyclic) bond motifs is 1. The molecule has 0 aliphatic rings. The third-order valence-electron chi connectivity index (χ3n) is 7.85. The number of carbonyl (C=O) groups excluding carboxylic acids is 3. The lowest BCUT2D eigenvalue weighted by Crippen LogP contribution is -2.43. The van der Waals surface area contributed by atoms with Crippen LogP contribution < -0.4 is 20.7 Å². The van der Waals surface area contributed by atoms with Gasteiger partial charge in [-0.15, -0.1) is 11.3 Å². The van der Waals surface area contributed by atoms with E-state index in [2.05, 4.69) is 25.4 Å². The molecule has 0 aliphatic heterocycles. The number of nitrogen functional groups attached to an aromatic ring is 1. The van der Waals surface area contributed by atoms with Crippen LogP contribution in [0.25, 0.3) is 11.2 Å². The van der Waals surface area contributed by atoms with E-state index in [0.717, 1.165) is 10.4 Å². The molecule has 3 heterocycles. The molecule has 2 aromatic carbocycles. The molecular weight excluding hydrogens is 749 g/mol. The second-order valence-corrected chi connectivity index (χ2v) is 15.9. The first kappa shape index (κ1) is 40.8. The third kappa shape index (κ3) is 12.3. The van der Waals surface area contributed by atoms with Crippen LogP contribution in [-0.4, -0.2) is 68.2 Å². The lowest BCUT2D eigenvalue weighted by molar-refractivity contribution is -0.149. The van der Waals surface area contributed by atoms with Crippen molar-refractivity contribution in [3.05, 3.63) is 101 Å². The Kier molecular flexibility index (Phi) is 14.3. The largest absolute Gasteiger partial charge is 0.462 e. The van der Waals surface area contributed by atoms with Crippen molar-refractivity contribution in [3.63, 3.8) is 0 Å². The molecule has 0 saturated carbocycles. The van der Waals surface area contributed by atoms with Gasteiger partial charge in [-0.25, -0.2) is 29.6 Å². The molecule has 1 amide bonds. The number of alkyl carbamates (subject to hydrolysis) is 1. The number of anilines is 1. The van der Waals surface area contributed by atoms with Gasteiger partial charge in [-0.2, -0.15) is 0 Å². The number of amides is 1. The smallest absolute Gasteiger partial charge is 0.408 e. The van der Waals surface area contributed by atoms with Crippen LogP contribution in [0.4, 0.5) is 10.6 Å². The van der Waals surface area contributed by atoms with Crippen molar-refractivity contribution in [3.8, 4) is 5.75 Å². The lowest BCUT2D eigenvalue weighted by Gasteiger charge is -2.25. The van der Waals surface area contributed by atoms with Crippen LogP contribution in [0.3, 0.4) is 0 Å². The normalized spacial score (nSPS) is 14.1. The van der Waals surface area contributed by atoms with Crippen LogP contribution in [0, 0.1) is 0 Å². The molecular formula is C37H44N7O9PS. The molecule has 0 radical (unpaired) electrons. The maximum Gasteiger partial charge on any atom is 0.408 e. The van der Waals surface area contributed by atoms with Gasteiger partial charge in [-0.1, -0.05) is 48.5 Å². The Labute approximate surface area is 322 Å². The number of hydrogen-bond donors (Lipinski definition) is 3. The summed E-state index contributed by atoms with van der Waals surface area (Å²) in [6.07, 6.45) is 0.867. The highest BCUT2D eigenvalue weighted by molar-refractivity contribution is 7.57. The summed E-state index contributed by atoms with van der Waals surface area (Å²) in [5.74, 6) is -0.821. The summed E-state index contributed by atoms with van der Waals surface area (Å²) in [4.78, 5) is 52.0. The quantitative estimate of drug-likeness (QED) is 0.0527. The molecule has 4 atom stereocenters. The number of hydrogen-bond acceptors (Lipinski definition) is 14. The molecule has 0 fully saturated rings. The van der Waals surface area contributed by atoms with Crippen LogP contribution in [0.15, 0.2) is 84.8 Å². The Bertz CT molecular complexity index is 2060. The van der Waals surface area contributed by atoms with Crippen LogP contribution in [0.2, 0.25) is 0 Å². The van der Waals surface area contributed by atoms with E-state index in [1.807, 2.05) is 47.8 Å². The highest BCUT2D eigenvalue weighted by atomic mass is 32.1. The average Bonchev–Trinajstić information content (AvgIpc) is 3.84.